The molecular weight excluding hydrogens is 265 g/mol. The van der Waals surface area contributed by atoms with Gasteiger partial charge in [0.05, 0.1) is 17.7 Å². The van der Waals surface area contributed by atoms with E-state index in [4.69, 9.17) is 23.2 Å². The molecule has 0 saturated heterocycles. The van der Waals surface area contributed by atoms with Gasteiger partial charge in [0, 0.05) is 0 Å². The molecule has 0 saturated carbocycles. The molecule has 94 valence electrons. The van der Waals surface area contributed by atoms with Crippen LogP contribution in [-0.4, -0.2) is 33.4 Å². The third-order valence-corrected chi connectivity index (χ3v) is 2.97. The third-order valence-electron chi connectivity index (χ3n) is 2.51. The smallest absolute Gasteiger partial charge is 0.255 e. The topological polar surface area (TPSA) is 75.1 Å². The number of carbonyl (C=O) groups excluding carboxylic acids is 1. The minimum absolute atomic E-state index is 0.0247. The van der Waals surface area contributed by atoms with E-state index in [-0.39, 0.29) is 22.5 Å². The quantitative estimate of drug-likeness (QED) is 0.878. The standard InChI is InChI=1S/C10H13Cl2N3O2/c1-3-10(2,5-16)13-9(17)6-4-7(11)14-15-8(6)12/h4,16H,3,5H2,1-2H3,(H,13,17). The zero-order valence-electron chi connectivity index (χ0n) is 9.50. The molecule has 1 aromatic heterocycles. The number of hydrogen-bond acceptors (Lipinski definition) is 4. The van der Waals surface area contributed by atoms with Gasteiger partial charge in [0.15, 0.2) is 10.3 Å². The summed E-state index contributed by atoms with van der Waals surface area (Å²) in [6, 6.07) is 1.33. The molecule has 1 atom stereocenters. The first-order chi connectivity index (χ1) is 7.91. The van der Waals surface area contributed by atoms with Gasteiger partial charge in [-0.2, -0.15) is 0 Å². The van der Waals surface area contributed by atoms with Gasteiger partial charge in [-0.05, 0) is 19.4 Å². The molecule has 2 N–H and O–H groups in total. The van der Waals surface area contributed by atoms with Gasteiger partial charge >= 0.3 is 0 Å². The van der Waals surface area contributed by atoms with Crippen LogP contribution in [0.1, 0.15) is 30.6 Å². The van der Waals surface area contributed by atoms with Crippen LogP contribution >= 0.6 is 23.2 Å². The molecule has 1 heterocycles. The highest BCUT2D eigenvalue weighted by molar-refractivity contribution is 6.34. The maximum Gasteiger partial charge on any atom is 0.255 e. The summed E-state index contributed by atoms with van der Waals surface area (Å²) in [5.74, 6) is -0.440. The number of amides is 1. The van der Waals surface area contributed by atoms with E-state index in [9.17, 15) is 9.90 Å². The zero-order valence-corrected chi connectivity index (χ0v) is 11.0. The number of aliphatic hydroxyl groups is 1. The van der Waals surface area contributed by atoms with Crippen LogP contribution in [0.4, 0.5) is 0 Å². The van der Waals surface area contributed by atoms with Gasteiger partial charge in [0.1, 0.15) is 0 Å². The molecule has 7 heteroatoms. The summed E-state index contributed by atoms with van der Waals surface area (Å²) in [4.78, 5) is 11.9. The predicted octanol–water partition coefficient (Wildman–Crippen LogP) is 1.67. The number of nitrogens with zero attached hydrogens (tertiary/aromatic N) is 2. The van der Waals surface area contributed by atoms with Crippen molar-refractivity contribution in [3.05, 3.63) is 21.9 Å². The number of aliphatic hydroxyl groups excluding tert-OH is 1. The normalized spacial score (nSPS) is 14.2. The number of carbonyl (C=O) groups is 1. The summed E-state index contributed by atoms with van der Waals surface area (Å²) in [6.45, 7) is 3.42. The third kappa shape index (κ3) is 3.52. The van der Waals surface area contributed by atoms with Crippen molar-refractivity contribution in [2.24, 2.45) is 0 Å². The Hall–Kier alpha value is -0.910. The van der Waals surface area contributed by atoms with Crippen LogP contribution in [0.15, 0.2) is 6.07 Å². The maximum atomic E-state index is 11.9. The van der Waals surface area contributed by atoms with Gasteiger partial charge in [0.25, 0.3) is 5.91 Å². The number of nitrogens with one attached hydrogen (secondary N) is 1. The van der Waals surface area contributed by atoms with Crippen molar-refractivity contribution in [3.8, 4) is 0 Å². The molecule has 1 rings (SSSR count). The molecular formula is C10H13Cl2N3O2. The number of hydrogen-bond donors (Lipinski definition) is 2. The Balaban J connectivity index is 2.94. The van der Waals surface area contributed by atoms with Crippen LogP contribution in [0.25, 0.3) is 0 Å². The van der Waals surface area contributed by atoms with Crippen molar-refractivity contribution in [1.29, 1.82) is 0 Å². The first-order valence-corrected chi connectivity index (χ1v) is 5.79. The van der Waals surface area contributed by atoms with E-state index in [0.717, 1.165) is 0 Å². The minimum Gasteiger partial charge on any atom is -0.394 e. The van der Waals surface area contributed by atoms with Crippen molar-refractivity contribution >= 4 is 29.1 Å². The highest BCUT2D eigenvalue weighted by Gasteiger charge is 2.25. The fourth-order valence-electron chi connectivity index (χ4n) is 1.09. The predicted molar refractivity (Wildman–Crippen MR) is 65.3 cm³/mol. The van der Waals surface area contributed by atoms with E-state index in [2.05, 4.69) is 15.5 Å². The average molecular weight is 278 g/mol. The van der Waals surface area contributed by atoms with E-state index in [0.29, 0.717) is 6.42 Å². The lowest BCUT2D eigenvalue weighted by molar-refractivity contribution is 0.0847. The van der Waals surface area contributed by atoms with Gasteiger partial charge in [-0.15, -0.1) is 10.2 Å². The number of rotatable bonds is 4. The van der Waals surface area contributed by atoms with E-state index >= 15 is 0 Å². The van der Waals surface area contributed by atoms with Gasteiger partial charge in [-0.25, -0.2) is 0 Å². The van der Waals surface area contributed by atoms with Crippen molar-refractivity contribution < 1.29 is 9.90 Å². The monoisotopic (exact) mass is 277 g/mol. The molecule has 5 nitrogen and oxygen atoms in total. The molecule has 1 amide bonds. The molecule has 0 aliphatic carbocycles. The molecule has 0 aliphatic heterocycles. The Morgan fingerprint density at radius 3 is 2.71 bits per heavy atom. The number of halogens is 2. The molecule has 0 radical (unpaired) electrons. The second-order valence-electron chi connectivity index (χ2n) is 3.90. The van der Waals surface area contributed by atoms with E-state index < -0.39 is 11.4 Å². The van der Waals surface area contributed by atoms with Crippen LogP contribution in [0.2, 0.25) is 10.3 Å². The van der Waals surface area contributed by atoms with Crippen LogP contribution in [0, 0.1) is 0 Å². The highest BCUT2D eigenvalue weighted by Crippen LogP contribution is 2.17. The molecule has 17 heavy (non-hydrogen) atoms. The van der Waals surface area contributed by atoms with Gasteiger partial charge < -0.3 is 10.4 Å². The summed E-state index contributed by atoms with van der Waals surface area (Å²) >= 11 is 11.4. The molecule has 0 bridgehead atoms. The lowest BCUT2D eigenvalue weighted by atomic mass is 10.00. The van der Waals surface area contributed by atoms with Crippen LogP contribution < -0.4 is 5.32 Å². The van der Waals surface area contributed by atoms with Crippen molar-refractivity contribution in [2.75, 3.05) is 6.61 Å². The molecule has 1 unspecified atom stereocenters. The lowest BCUT2D eigenvalue weighted by Gasteiger charge is -2.27. The Morgan fingerprint density at radius 2 is 2.18 bits per heavy atom. The van der Waals surface area contributed by atoms with E-state index in [1.807, 2.05) is 6.92 Å². The van der Waals surface area contributed by atoms with Crippen molar-refractivity contribution in [2.45, 2.75) is 25.8 Å². The summed E-state index contributed by atoms with van der Waals surface area (Å²) in [5.41, 5.74) is -0.560. The van der Waals surface area contributed by atoms with Gasteiger partial charge in [0.2, 0.25) is 0 Å². The molecule has 0 spiro atoms. The zero-order chi connectivity index (χ0) is 13.1. The SMILES string of the molecule is CCC(C)(CO)NC(=O)c1cc(Cl)nnc1Cl. The average Bonchev–Trinajstić information content (AvgIpc) is 2.32. The largest absolute Gasteiger partial charge is 0.394 e. The van der Waals surface area contributed by atoms with Crippen LogP contribution in [0.5, 0.6) is 0 Å². The summed E-state index contributed by atoms with van der Waals surface area (Å²) in [6.07, 6.45) is 0.582. The molecule has 1 aromatic rings. The first-order valence-electron chi connectivity index (χ1n) is 5.04. The Bertz CT molecular complexity index is 422. The Kier molecular flexibility index (Phi) is 4.68. The summed E-state index contributed by atoms with van der Waals surface area (Å²) in [5, 5.41) is 19.0. The highest BCUT2D eigenvalue weighted by atomic mass is 35.5. The lowest BCUT2D eigenvalue weighted by Crippen LogP contribution is -2.48. The minimum atomic E-state index is -0.698. The number of aromatic nitrogens is 2. The Morgan fingerprint density at radius 1 is 1.53 bits per heavy atom. The van der Waals surface area contributed by atoms with Crippen LogP contribution in [-0.2, 0) is 0 Å². The summed E-state index contributed by atoms with van der Waals surface area (Å²) in [7, 11) is 0. The van der Waals surface area contributed by atoms with Crippen molar-refractivity contribution in [3.63, 3.8) is 0 Å². The second-order valence-corrected chi connectivity index (χ2v) is 4.64. The van der Waals surface area contributed by atoms with Gasteiger partial charge in [-0.1, -0.05) is 30.1 Å². The van der Waals surface area contributed by atoms with Crippen LogP contribution in [0.3, 0.4) is 0 Å². The fourth-order valence-corrected chi connectivity index (χ4v) is 1.42. The van der Waals surface area contributed by atoms with Gasteiger partial charge in [-0.3, -0.25) is 4.79 Å². The fraction of sp³-hybridized carbons (Fsp3) is 0.500. The Labute approximate surface area is 109 Å². The maximum absolute atomic E-state index is 11.9. The second kappa shape index (κ2) is 5.62. The molecule has 0 fully saturated rings. The van der Waals surface area contributed by atoms with E-state index in [1.54, 1.807) is 6.92 Å². The van der Waals surface area contributed by atoms with E-state index in [1.165, 1.54) is 6.07 Å². The summed E-state index contributed by atoms with van der Waals surface area (Å²) < 4.78 is 0. The molecule has 0 aromatic carbocycles. The molecule has 0 aliphatic rings. The van der Waals surface area contributed by atoms with Crippen molar-refractivity contribution in [1.82, 2.24) is 15.5 Å². The first kappa shape index (κ1) is 14.2.